The van der Waals surface area contributed by atoms with E-state index in [-0.39, 0.29) is 5.91 Å². The van der Waals surface area contributed by atoms with Crippen LogP contribution in [0.4, 0.5) is 0 Å². The summed E-state index contributed by atoms with van der Waals surface area (Å²) in [6.45, 7) is 6.23. The minimum Gasteiger partial charge on any atom is -0.318 e. The normalized spacial score (nSPS) is 16.5. The fourth-order valence-corrected chi connectivity index (χ4v) is 4.20. The van der Waals surface area contributed by atoms with Crippen molar-refractivity contribution in [1.29, 1.82) is 0 Å². The van der Waals surface area contributed by atoms with Crippen LogP contribution in [-0.2, 0) is 4.79 Å². The molecule has 1 saturated heterocycles. The molecule has 0 saturated carbocycles. The number of halogens is 1. The molecule has 1 aromatic carbocycles. The first-order valence-electron chi connectivity index (χ1n) is 7.46. The molecule has 2 heterocycles. The van der Waals surface area contributed by atoms with Gasteiger partial charge in [0.2, 0.25) is 0 Å². The Balaban J connectivity index is 2.06. The lowest BCUT2D eigenvalue weighted by molar-refractivity contribution is -0.121. The van der Waals surface area contributed by atoms with E-state index in [4.69, 9.17) is 12.2 Å². The van der Waals surface area contributed by atoms with Crippen molar-refractivity contribution in [3.8, 4) is 5.69 Å². The summed E-state index contributed by atoms with van der Waals surface area (Å²) in [4.78, 5) is 14.4. The van der Waals surface area contributed by atoms with Gasteiger partial charge in [-0.3, -0.25) is 9.69 Å². The van der Waals surface area contributed by atoms with Crippen LogP contribution in [0.5, 0.6) is 0 Å². The van der Waals surface area contributed by atoms with Crippen molar-refractivity contribution in [3.05, 3.63) is 56.2 Å². The molecule has 0 aliphatic carbocycles. The number of thioether (sulfide) groups is 1. The molecule has 0 N–H and O–H groups in total. The lowest BCUT2D eigenvalue weighted by Gasteiger charge is -2.11. The van der Waals surface area contributed by atoms with Crippen LogP contribution in [-0.4, -0.2) is 26.7 Å². The number of carbonyl (C=O) groups excluding carboxylic acids is 1. The Morgan fingerprint density at radius 2 is 1.92 bits per heavy atom. The molecule has 1 aliphatic heterocycles. The Morgan fingerprint density at radius 1 is 1.21 bits per heavy atom. The Labute approximate surface area is 159 Å². The van der Waals surface area contributed by atoms with Crippen LogP contribution in [0.3, 0.4) is 0 Å². The molecule has 2 aromatic rings. The molecule has 3 nitrogen and oxygen atoms in total. The van der Waals surface area contributed by atoms with E-state index in [1.165, 1.54) is 22.2 Å². The molecule has 6 heteroatoms. The predicted octanol–water partition coefficient (Wildman–Crippen LogP) is 5.00. The van der Waals surface area contributed by atoms with E-state index in [2.05, 4.69) is 65.5 Å². The standard InChI is InChI=1S/C18H17BrN2OS2/c1-10-7-14(5-6-15(10)19)21-11(2)8-13(12(21)3)9-16-17(22)20(4)18(23)24-16/h5-9H,1-4H3/b16-9-. The zero-order valence-corrected chi connectivity index (χ0v) is 17.1. The van der Waals surface area contributed by atoms with Gasteiger partial charge in [0.15, 0.2) is 0 Å². The molecule has 1 fully saturated rings. The van der Waals surface area contributed by atoms with E-state index in [0.717, 1.165) is 27.1 Å². The highest BCUT2D eigenvalue weighted by molar-refractivity contribution is 9.10. The SMILES string of the molecule is Cc1cc(-n2c(C)cc(/C=C3\SC(=S)N(C)C3=O)c2C)ccc1Br. The van der Waals surface area contributed by atoms with Gasteiger partial charge in [-0.2, -0.15) is 0 Å². The number of aryl methyl sites for hydroxylation is 2. The quantitative estimate of drug-likeness (QED) is 0.504. The second kappa shape index (κ2) is 6.50. The van der Waals surface area contributed by atoms with Crippen LogP contribution >= 0.6 is 39.9 Å². The Bertz CT molecular complexity index is 899. The van der Waals surface area contributed by atoms with Crippen molar-refractivity contribution in [2.24, 2.45) is 0 Å². The molecule has 0 radical (unpaired) electrons. The van der Waals surface area contributed by atoms with Gasteiger partial charge in [0.05, 0.1) is 4.91 Å². The van der Waals surface area contributed by atoms with Crippen molar-refractivity contribution < 1.29 is 4.79 Å². The molecular weight excluding hydrogens is 404 g/mol. The largest absolute Gasteiger partial charge is 0.318 e. The van der Waals surface area contributed by atoms with Crippen molar-refractivity contribution in [2.45, 2.75) is 20.8 Å². The van der Waals surface area contributed by atoms with Gasteiger partial charge < -0.3 is 4.57 Å². The molecule has 24 heavy (non-hydrogen) atoms. The average Bonchev–Trinajstić information content (AvgIpc) is 2.94. The van der Waals surface area contributed by atoms with Gasteiger partial charge in [0.1, 0.15) is 4.32 Å². The van der Waals surface area contributed by atoms with Crippen LogP contribution in [0.25, 0.3) is 11.8 Å². The lowest BCUT2D eigenvalue weighted by Crippen LogP contribution is -2.22. The molecule has 0 atom stereocenters. The van der Waals surface area contributed by atoms with Gasteiger partial charge in [0, 0.05) is 28.6 Å². The first-order chi connectivity index (χ1) is 11.3. The second-order valence-corrected chi connectivity index (χ2v) is 8.37. The van der Waals surface area contributed by atoms with Crippen LogP contribution in [0.1, 0.15) is 22.5 Å². The fraction of sp³-hybridized carbons (Fsp3) is 0.222. The topological polar surface area (TPSA) is 25.2 Å². The van der Waals surface area contributed by atoms with E-state index >= 15 is 0 Å². The third kappa shape index (κ3) is 2.98. The maximum atomic E-state index is 12.2. The van der Waals surface area contributed by atoms with Crippen LogP contribution in [0.15, 0.2) is 33.6 Å². The number of carbonyl (C=O) groups is 1. The second-order valence-electron chi connectivity index (χ2n) is 5.84. The lowest BCUT2D eigenvalue weighted by atomic mass is 10.2. The number of aromatic nitrogens is 1. The minimum absolute atomic E-state index is 0.0331. The molecule has 1 aromatic heterocycles. The summed E-state index contributed by atoms with van der Waals surface area (Å²) < 4.78 is 3.90. The summed E-state index contributed by atoms with van der Waals surface area (Å²) in [5.41, 5.74) is 5.59. The average molecular weight is 421 g/mol. The van der Waals surface area contributed by atoms with Gasteiger partial charge in [0.25, 0.3) is 5.91 Å². The first-order valence-corrected chi connectivity index (χ1v) is 9.48. The van der Waals surface area contributed by atoms with E-state index in [1.807, 2.05) is 6.08 Å². The van der Waals surface area contributed by atoms with Crippen LogP contribution < -0.4 is 0 Å². The van der Waals surface area contributed by atoms with E-state index in [0.29, 0.717) is 9.23 Å². The van der Waals surface area contributed by atoms with E-state index in [9.17, 15) is 4.79 Å². The van der Waals surface area contributed by atoms with Crippen molar-refractivity contribution in [1.82, 2.24) is 9.47 Å². The molecule has 0 unspecified atom stereocenters. The highest BCUT2D eigenvalue weighted by Crippen LogP contribution is 2.33. The molecule has 124 valence electrons. The summed E-state index contributed by atoms with van der Waals surface area (Å²) in [5.74, 6) is -0.0331. The van der Waals surface area contributed by atoms with Gasteiger partial charge in [-0.1, -0.05) is 39.9 Å². The number of hydrogen-bond donors (Lipinski definition) is 0. The Morgan fingerprint density at radius 3 is 2.50 bits per heavy atom. The Hall–Kier alpha value is -1.37. The zero-order valence-electron chi connectivity index (χ0n) is 13.9. The maximum Gasteiger partial charge on any atom is 0.265 e. The molecule has 1 amide bonds. The number of amides is 1. The Kier molecular flexibility index (Phi) is 4.73. The predicted molar refractivity (Wildman–Crippen MR) is 109 cm³/mol. The highest BCUT2D eigenvalue weighted by atomic mass is 79.9. The van der Waals surface area contributed by atoms with Crippen LogP contribution in [0.2, 0.25) is 0 Å². The van der Waals surface area contributed by atoms with Crippen molar-refractivity contribution in [2.75, 3.05) is 7.05 Å². The monoisotopic (exact) mass is 420 g/mol. The van der Waals surface area contributed by atoms with E-state index in [1.54, 1.807) is 7.05 Å². The molecule has 0 spiro atoms. The first kappa shape index (κ1) is 17.5. The summed E-state index contributed by atoms with van der Waals surface area (Å²) in [6.07, 6.45) is 1.94. The summed E-state index contributed by atoms with van der Waals surface area (Å²) in [6, 6.07) is 8.41. The van der Waals surface area contributed by atoms with Gasteiger partial charge in [-0.15, -0.1) is 0 Å². The minimum atomic E-state index is -0.0331. The van der Waals surface area contributed by atoms with Gasteiger partial charge >= 0.3 is 0 Å². The zero-order chi connectivity index (χ0) is 17.6. The molecule has 0 bridgehead atoms. The fourth-order valence-electron chi connectivity index (χ4n) is 2.79. The summed E-state index contributed by atoms with van der Waals surface area (Å²) >= 11 is 10.1. The summed E-state index contributed by atoms with van der Waals surface area (Å²) in [7, 11) is 1.71. The van der Waals surface area contributed by atoms with Gasteiger partial charge in [-0.25, -0.2) is 0 Å². The molecule has 3 rings (SSSR count). The summed E-state index contributed by atoms with van der Waals surface area (Å²) in [5, 5.41) is 0. The smallest absolute Gasteiger partial charge is 0.265 e. The third-order valence-electron chi connectivity index (χ3n) is 4.14. The van der Waals surface area contributed by atoms with Crippen molar-refractivity contribution >= 4 is 56.2 Å². The van der Waals surface area contributed by atoms with Crippen LogP contribution in [0, 0.1) is 20.8 Å². The number of hydrogen-bond acceptors (Lipinski definition) is 3. The number of benzene rings is 1. The molecule has 1 aliphatic rings. The van der Waals surface area contributed by atoms with Gasteiger partial charge in [-0.05, 0) is 62.2 Å². The number of rotatable bonds is 2. The number of thiocarbonyl (C=S) groups is 1. The van der Waals surface area contributed by atoms with Crippen molar-refractivity contribution in [3.63, 3.8) is 0 Å². The molecular formula is C18H17BrN2OS2. The highest BCUT2D eigenvalue weighted by Gasteiger charge is 2.29. The van der Waals surface area contributed by atoms with E-state index < -0.39 is 0 Å². The number of likely N-dealkylation sites (N-methyl/N-ethyl adjacent to an activating group) is 1. The third-order valence-corrected chi connectivity index (χ3v) is 6.52. The number of nitrogens with zero attached hydrogens (tertiary/aromatic N) is 2. The maximum absolute atomic E-state index is 12.2.